The number of aryl methyl sites for hydroxylation is 2. The van der Waals surface area contributed by atoms with Crippen LogP contribution in [0.15, 0.2) is 41.5 Å². The highest BCUT2D eigenvalue weighted by Gasteiger charge is 2.36. The number of carbonyl (C=O) groups excluding carboxylic acids is 1. The number of carbonyl (C=O) groups is 1. The average Bonchev–Trinajstić information content (AvgIpc) is 3.26. The Morgan fingerprint density at radius 3 is 2.48 bits per heavy atom. The van der Waals surface area contributed by atoms with Gasteiger partial charge in [-0.15, -0.1) is 0 Å². The van der Waals surface area contributed by atoms with Crippen LogP contribution in [0.25, 0.3) is 0 Å². The number of nitrogens with zero attached hydrogens (tertiary/aromatic N) is 4. The largest absolute Gasteiger partial charge is 0.497 e. The van der Waals surface area contributed by atoms with Crippen molar-refractivity contribution in [1.29, 1.82) is 0 Å². The lowest BCUT2D eigenvalue weighted by Gasteiger charge is -2.33. The Balaban J connectivity index is 1.67. The number of ether oxygens (including phenoxy) is 2. The summed E-state index contributed by atoms with van der Waals surface area (Å²) in [5.41, 5.74) is 5.31. The third kappa shape index (κ3) is 5.04. The van der Waals surface area contributed by atoms with Crippen molar-refractivity contribution in [2.45, 2.75) is 26.3 Å². The highest BCUT2D eigenvalue weighted by Crippen LogP contribution is 2.39. The van der Waals surface area contributed by atoms with Crippen molar-refractivity contribution in [3.63, 3.8) is 0 Å². The molecule has 0 radical (unpaired) electrons. The summed E-state index contributed by atoms with van der Waals surface area (Å²) in [6, 6.07) is 11.9. The van der Waals surface area contributed by atoms with Gasteiger partial charge in [-0.25, -0.2) is 5.01 Å². The molecule has 0 aromatic heterocycles. The minimum absolute atomic E-state index is 0.0164. The first-order valence-corrected chi connectivity index (χ1v) is 11.5. The fraction of sp³-hybridized carbons (Fsp3) is 0.462. The van der Waals surface area contributed by atoms with Crippen LogP contribution >= 0.6 is 0 Å². The number of benzene rings is 2. The van der Waals surface area contributed by atoms with Crippen molar-refractivity contribution in [3.8, 4) is 11.5 Å². The molecule has 2 aromatic carbocycles. The maximum absolute atomic E-state index is 13.5. The molecule has 1 fully saturated rings. The van der Waals surface area contributed by atoms with E-state index in [2.05, 4.69) is 48.9 Å². The molecule has 0 spiro atoms. The van der Waals surface area contributed by atoms with Crippen LogP contribution in [0.5, 0.6) is 11.5 Å². The SMILES string of the molecule is COc1ccc([C@H]2CC(c3cc(C)ccc3C)=NN2C(=O)CN2CCN(C)CC2)c(OC)c1. The van der Waals surface area contributed by atoms with Crippen molar-refractivity contribution in [1.82, 2.24) is 14.8 Å². The van der Waals surface area contributed by atoms with Gasteiger partial charge in [-0.2, -0.15) is 5.10 Å². The molecule has 1 saturated heterocycles. The molecule has 2 heterocycles. The molecule has 7 nitrogen and oxygen atoms in total. The molecule has 33 heavy (non-hydrogen) atoms. The van der Waals surface area contributed by atoms with Crippen molar-refractivity contribution in [3.05, 3.63) is 58.7 Å². The third-order valence-electron chi connectivity index (χ3n) is 6.62. The quantitative estimate of drug-likeness (QED) is 0.676. The molecule has 1 amide bonds. The summed E-state index contributed by atoms with van der Waals surface area (Å²) >= 11 is 0. The Bertz CT molecular complexity index is 1040. The summed E-state index contributed by atoms with van der Waals surface area (Å²) in [5, 5.41) is 6.57. The molecule has 4 rings (SSSR count). The van der Waals surface area contributed by atoms with Gasteiger partial charge in [-0.3, -0.25) is 9.69 Å². The Morgan fingerprint density at radius 1 is 1.03 bits per heavy atom. The highest BCUT2D eigenvalue weighted by molar-refractivity contribution is 6.04. The monoisotopic (exact) mass is 450 g/mol. The van der Waals surface area contributed by atoms with E-state index in [9.17, 15) is 4.79 Å². The van der Waals surface area contributed by atoms with Gasteiger partial charge in [0.1, 0.15) is 11.5 Å². The lowest BCUT2D eigenvalue weighted by Crippen LogP contribution is -2.48. The standard InChI is InChI=1S/C26H34N4O3/c1-18-6-7-19(2)22(14-18)23-16-24(21-9-8-20(32-4)15-25(21)33-5)30(27-23)26(31)17-29-12-10-28(3)11-13-29/h6-9,14-15,24H,10-13,16-17H2,1-5H3/t24-/m1/s1. The first-order chi connectivity index (χ1) is 15.9. The predicted octanol–water partition coefficient (Wildman–Crippen LogP) is 3.25. The fourth-order valence-electron chi connectivity index (χ4n) is 4.56. The molecule has 1 atom stereocenters. The fourth-order valence-corrected chi connectivity index (χ4v) is 4.56. The first-order valence-electron chi connectivity index (χ1n) is 11.5. The van der Waals surface area contributed by atoms with E-state index < -0.39 is 0 Å². The lowest BCUT2D eigenvalue weighted by atomic mass is 9.94. The molecule has 2 aromatic rings. The van der Waals surface area contributed by atoms with Crippen LogP contribution in [-0.2, 0) is 4.79 Å². The zero-order valence-corrected chi connectivity index (χ0v) is 20.3. The molecule has 0 unspecified atom stereocenters. The van der Waals surface area contributed by atoms with Crippen LogP contribution in [0, 0.1) is 13.8 Å². The van der Waals surface area contributed by atoms with Crippen molar-refractivity contribution in [2.75, 3.05) is 54.0 Å². The van der Waals surface area contributed by atoms with Crippen molar-refractivity contribution < 1.29 is 14.3 Å². The Labute approximate surface area is 196 Å². The van der Waals surface area contributed by atoms with Crippen LogP contribution in [0.3, 0.4) is 0 Å². The second-order valence-corrected chi connectivity index (χ2v) is 9.01. The molecule has 7 heteroatoms. The highest BCUT2D eigenvalue weighted by atomic mass is 16.5. The number of hydrogen-bond donors (Lipinski definition) is 0. The van der Waals surface area contributed by atoms with Gasteiger partial charge in [-0.05, 0) is 44.7 Å². The predicted molar refractivity (Wildman–Crippen MR) is 130 cm³/mol. The normalized spacial score (nSPS) is 19.5. The van der Waals surface area contributed by atoms with Crippen molar-refractivity contribution >= 4 is 11.6 Å². The number of methoxy groups -OCH3 is 2. The molecule has 2 aliphatic rings. The molecule has 0 bridgehead atoms. The zero-order valence-electron chi connectivity index (χ0n) is 20.3. The summed E-state index contributed by atoms with van der Waals surface area (Å²) in [7, 11) is 5.40. The van der Waals surface area contributed by atoms with Crippen LogP contribution < -0.4 is 9.47 Å². The number of hydrogen-bond acceptors (Lipinski definition) is 6. The van der Waals surface area contributed by atoms with Crippen LogP contribution in [-0.4, -0.2) is 80.4 Å². The molecular weight excluding hydrogens is 416 g/mol. The number of amides is 1. The Morgan fingerprint density at radius 2 is 1.79 bits per heavy atom. The smallest absolute Gasteiger partial charge is 0.257 e. The third-order valence-corrected chi connectivity index (χ3v) is 6.62. The van der Waals surface area contributed by atoms with E-state index in [4.69, 9.17) is 14.6 Å². The summed E-state index contributed by atoms with van der Waals surface area (Å²) in [4.78, 5) is 18.0. The molecule has 0 N–H and O–H groups in total. The number of hydrazone groups is 1. The van der Waals surface area contributed by atoms with E-state index in [0.717, 1.165) is 54.3 Å². The maximum atomic E-state index is 13.5. The van der Waals surface area contributed by atoms with Crippen molar-refractivity contribution in [2.24, 2.45) is 5.10 Å². The molecule has 2 aliphatic heterocycles. The molecule has 0 saturated carbocycles. The topological polar surface area (TPSA) is 57.6 Å². The molecular formula is C26H34N4O3. The summed E-state index contributed by atoms with van der Waals surface area (Å²) < 4.78 is 11.1. The van der Waals surface area contributed by atoms with Gasteiger partial charge >= 0.3 is 0 Å². The van der Waals surface area contributed by atoms with E-state index in [0.29, 0.717) is 18.7 Å². The number of likely N-dealkylation sites (N-methyl/N-ethyl adjacent to an activating group) is 1. The van der Waals surface area contributed by atoms with Gasteiger partial charge in [-0.1, -0.05) is 17.7 Å². The first kappa shape index (κ1) is 23.3. The number of piperazine rings is 1. The summed E-state index contributed by atoms with van der Waals surface area (Å²) in [6.07, 6.45) is 0.640. The number of rotatable bonds is 6. The van der Waals surface area contributed by atoms with E-state index in [1.54, 1.807) is 19.2 Å². The second kappa shape index (κ2) is 9.93. The van der Waals surface area contributed by atoms with E-state index in [1.807, 2.05) is 18.2 Å². The van der Waals surface area contributed by atoms with Gasteiger partial charge in [0, 0.05) is 49.8 Å². The van der Waals surface area contributed by atoms with Crippen LogP contribution in [0.4, 0.5) is 0 Å². The van der Waals surface area contributed by atoms with Gasteiger partial charge in [0.05, 0.1) is 32.5 Å². The second-order valence-electron chi connectivity index (χ2n) is 9.01. The summed E-state index contributed by atoms with van der Waals surface area (Å²) in [5.74, 6) is 1.44. The maximum Gasteiger partial charge on any atom is 0.257 e. The Kier molecular flexibility index (Phi) is 7.00. The van der Waals surface area contributed by atoms with Gasteiger partial charge in [0.15, 0.2) is 0 Å². The minimum atomic E-state index is -0.222. The average molecular weight is 451 g/mol. The van der Waals surface area contributed by atoms with Crippen LogP contribution in [0.2, 0.25) is 0 Å². The zero-order chi connectivity index (χ0) is 23.5. The van der Waals surface area contributed by atoms with Crippen LogP contribution in [0.1, 0.15) is 34.7 Å². The van der Waals surface area contributed by atoms with Gasteiger partial charge in [0.25, 0.3) is 5.91 Å². The molecule has 0 aliphatic carbocycles. The van der Waals surface area contributed by atoms with E-state index in [1.165, 1.54) is 5.56 Å². The summed E-state index contributed by atoms with van der Waals surface area (Å²) in [6.45, 7) is 8.26. The van der Waals surface area contributed by atoms with E-state index in [-0.39, 0.29) is 11.9 Å². The molecule has 176 valence electrons. The Hall–Kier alpha value is -2.90. The van der Waals surface area contributed by atoms with Gasteiger partial charge in [0.2, 0.25) is 0 Å². The van der Waals surface area contributed by atoms with Gasteiger partial charge < -0.3 is 14.4 Å². The van der Waals surface area contributed by atoms with E-state index >= 15 is 0 Å². The lowest BCUT2D eigenvalue weighted by molar-refractivity contribution is -0.134. The minimum Gasteiger partial charge on any atom is -0.497 e.